The number of nitrogens with zero attached hydrogens (tertiary/aromatic N) is 5. The van der Waals surface area contributed by atoms with Crippen molar-refractivity contribution in [3.8, 4) is 11.5 Å². The first-order valence-corrected chi connectivity index (χ1v) is 10.8. The summed E-state index contributed by atoms with van der Waals surface area (Å²) in [5.74, 6) is 1.37. The van der Waals surface area contributed by atoms with Crippen LogP contribution in [0.2, 0.25) is 0 Å². The van der Waals surface area contributed by atoms with Crippen LogP contribution in [0.5, 0.6) is 0 Å². The van der Waals surface area contributed by atoms with Gasteiger partial charge >= 0.3 is 0 Å². The van der Waals surface area contributed by atoms with Gasteiger partial charge in [-0.2, -0.15) is 4.98 Å². The Labute approximate surface area is 173 Å². The van der Waals surface area contributed by atoms with Gasteiger partial charge in [0, 0.05) is 30.6 Å². The molecule has 0 bridgehead atoms. The second-order valence-electron chi connectivity index (χ2n) is 8.12. The lowest BCUT2D eigenvalue weighted by atomic mass is 9.76. The van der Waals surface area contributed by atoms with E-state index in [-0.39, 0.29) is 17.4 Å². The largest absolute Gasteiger partial charge is 0.337 e. The number of piperidine rings is 1. The Morgan fingerprint density at radius 2 is 2.03 bits per heavy atom. The molecule has 3 aromatic rings. The highest BCUT2D eigenvalue weighted by Gasteiger charge is 2.46. The van der Waals surface area contributed by atoms with Gasteiger partial charge in [-0.05, 0) is 43.9 Å². The average molecular weight is 410 g/mol. The van der Waals surface area contributed by atoms with Crippen LogP contribution in [0.15, 0.2) is 45.7 Å². The van der Waals surface area contributed by atoms with Crippen LogP contribution in [0.3, 0.4) is 0 Å². The van der Waals surface area contributed by atoms with E-state index < -0.39 is 0 Å². The molecule has 1 amide bonds. The standard InChI is InChI=1S/C21H23N5O2S/c1-25-13-21(7-9-26(10-8-21)20(27)16-12-29-14-22-16)11-17(25)18-23-19(28-24-18)15-5-3-2-4-6-15/h2-6,12,14,17H,7-11,13H2,1H3. The van der Waals surface area contributed by atoms with E-state index in [0.717, 1.165) is 50.3 Å². The number of benzene rings is 1. The summed E-state index contributed by atoms with van der Waals surface area (Å²) < 4.78 is 5.53. The Bertz CT molecular complexity index is 980. The molecule has 7 nitrogen and oxygen atoms in total. The van der Waals surface area contributed by atoms with Gasteiger partial charge in [0.25, 0.3) is 11.8 Å². The van der Waals surface area contributed by atoms with Gasteiger partial charge in [0.05, 0.1) is 11.6 Å². The smallest absolute Gasteiger partial charge is 0.273 e. The number of carbonyl (C=O) groups excluding carboxylic acids is 1. The summed E-state index contributed by atoms with van der Waals surface area (Å²) in [6, 6.07) is 10.0. The van der Waals surface area contributed by atoms with Gasteiger partial charge in [0.2, 0.25) is 0 Å². The normalized spacial score (nSPS) is 21.7. The van der Waals surface area contributed by atoms with Crippen molar-refractivity contribution in [1.29, 1.82) is 0 Å². The summed E-state index contributed by atoms with van der Waals surface area (Å²) in [4.78, 5) is 25.7. The minimum Gasteiger partial charge on any atom is -0.337 e. The molecule has 2 saturated heterocycles. The van der Waals surface area contributed by atoms with Crippen molar-refractivity contribution in [2.24, 2.45) is 5.41 Å². The highest BCUT2D eigenvalue weighted by molar-refractivity contribution is 7.07. The van der Waals surface area contributed by atoms with Gasteiger partial charge in [0.1, 0.15) is 5.69 Å². The fourth-order valence-electron chi connectivity index (χ4n) is 4.65. The third-order valence-electron chi connectivity index (χ3n) is 6.27. The van der Waals surface area contributed by atoms with E-state index in [1.807, 2.05) is 40.6 Å². The van der Waals surface area contributed by atoms with E-state index in [1.54, 1.807) is 5.51 Å². The Balaban J connectivity index is 1.27. The van der Waals surface area contributed by atoms with Crippen molar-refractivity contribution in [1.82, 2.24) is 24.9 Å². The molecule has 2 fully saturated rings. The molecule has 2 aliphatic rings. The van der Waals surface area contributed by atoms with Crippen molar-refractivity contribution in [2.75, 3.05) is 26.7 Å². The Kier molecular flexibility index (Phi) is 4.67. The molecule has 1 aromatic carbocycles. The van der Waals surface area contributed by atoms with Gasteiger partial charge in [-0.15, -0.1) is 11.3 Å². The highest BCUT2D eigenvalue weighted by atomic mass is 32.1. The predicted octanol–water partition coefficient (Wildman–Crippen LogP) is 3.49. The van der Waals surface area contributed by atoms with Crippen LogP contribution >= 0.6 is 11.3 Å². The number of hydrogen-bond donors (Lipinski definition) is 0. The zero-order valence-corrected chi connectivity index (χ0v) is 17.1. The SMILES string of the molecule is CN1CC2(CCN(C(=O)c3cscn3)CC2)CC1c1noc(-c2ccccc2)n1. The zero-order valence-electron chi connectivity index (χ0n) is 16.3. The molecular weight excluding hydrogens is 386 g/mol. The molecule has 0 saturated carbocycles. The fraction of sp³-hybridized carbons (Fsp3) is 0.429. The molecule has 0 N–H and O–H groups in total. The van der Waals surface area contributed by atoms with Gasteiger partial charge in [-0.1, -0.05) is 23.4 Å². The van der Waals surface area contributed by atoms with Crippen molar-refractivity contribution >= 4 is 17.2 Å². The number of carbonyl (C=O) groups is 1. The Morgan fingerprint density at radius 1 is 1.24 bits per heavy atom. The quantitative estimate of drug-likeness (QED) is 0.659. The van der Waals surface area contributed by atoms with Gasteiger partial charge in [-0.25, -0.2) is 4.98 Å². The first-order valence-electron chi connectivity index (χ1n) is 9.90. The zero-order chi connectivity index (χ0) is 19.8. The van der Waals surface area contributed by atoms with Gasteiger partial charge in [-0.3, -0.25) is 9.69 Å². The third kappa shape index (κ3) is 3.47. The van der Waals surface area contributed by atoms with E-state index in [1.165, 1.54) is 11.3 Å². The molecule has 29 heavy (non-hydrogen) atoms. The Hall–Kier alpha value is -2.58. The summed E-state index contributed by atoms with van der Waals surface area (Å²) >= 11 is 1.46. The average Bonchev–Trinajstić information content (AvgIpc) is 3.50. The fourth-order valence-corrected chi connectivity index (χ4v) is 5.18. The van der Waals surface area contributed by atoms with Crippen LogP contribution in [-0.4, -0.2) is 57.5 Å². The maximum absolute atomic E-state index is 12.6. The second-order valence-corrected chi connectivity index (χ2v) is 8.84. The van der Waals surface area contributed by atoms with E-state index in [2.05, 4.69) is 27.1 Å². The number of likely N-dealkylation sites (tertiary alicyclic amines) is 2. The maximum atomic E-state index is 12.6. The molecule has 150 valence electrons. The molecule has 1 atom stereocenters. The van der Waals surface area contributed by atoms with Crippen LogP contribution in [0.25, 0.3) is 11.5 Å². The number of aromatic nitrogens is 3. The van der Waals surface area contributed by atoms with Gasteiger partial charge < -0.3 is 9.42 Å². The summed E-state index contributed by atoms with van der Waals surface area (Å²) in [5, 5.41) is 6.11. The predicted molar refractivity (Wildman–Crippen MR) is 109 cm³/mol. The van der Waals surface area contributed by atoms with E-state index in [4.69, 9.17) is 4.52 Å². The lowest BCUT2D eigenvalue weighted by Crippen LogP contribution is -2.44. The molecule has 2 aliphatic heterocycles. The molecule has 0 radical (unpaired) electrons. The molecule has 4 heterocycles. The first-order chi connectivity index (χ1) is 14.1. The Morgan fingerprint density at radius 3 is 2.76 bits per heavy atom. The first kappa shape index (κ1) is 18.4. The number of rotatable bonds is 3. The van der Waals surface area contributed by atoms with E-state index in [0.29, 0.717) is 11.6 Å². The monoisotopic (exact) mass is 409 g/mol. The van der Waals surface area contributed by atoms with Crippen LogP contribution in [-0.2, 0) is 0 Å². The number of thiazole rings is 1. The van der Waals surface area contributed by atoms with Crippen LogP contribution in [0, 0.1) is 5.41 Å². The van der Waals surface area contributed by atoms with Gasteiger partial charge in [0.15, 0.2) is 5.82 Å². The van der Waals surface area contributed by atoms with E-state index >= 15 is 0 Å². The maximum Gasteiger partial charge on any atom is 0.273 e. The summed E-state index contributed by atoms with van der Waals surface area (Å²) in [6.07, 6.45) is 2.98. The highest BCUT2D eigenvalue weighted by Crippen LogP contribution is 2.48. The number of amides is 1. The van der Waals surface area contributed by atoms with Crippen molar-refractivity contribution in [3.05, 3.63) is 52.7 Å². The molecule has 5 rings (SSSR count). The lowest BCUT2D eigenvalue weighted by molar-refractivity contribution is 0.0588. The molecule has 2 aromatic heterocycles. The molecular formula is C21H23N5O2S. The van der Waals surface area contributed by atoms with Crippen LogP contribution in [0.4, 0.5) is 0 Å². The number of hydrogen-bond acceptors (Lipinski definition) is 7. The third-order valence-corrected chi connectivity index (χ3v) is 6.85. The second kappa shape index (κ2) is 7.35. The van der Waals surface area contributed by atoms with Crippen LogP contribution in [0.1, 0.15) is 41.6 Å². The summed E-state index contributed by atoms with van der Waals surface area (Å²) in [6.45, 7) is 2.54. The lowest BCUT2D eigenvalue weighted by Gasteiger charge is -2.39. The summed E-state index contributed by atoms with van der Waals surface area (Å²) in [5.41, 5.74) is 3.42. The summed E-state index contributed by atoms with van der Waals surface area (Å²) in [7, 11) is 2.13. The molecule has 0 aliphatic carbocycles. The van der Waals surface area contributed by atoms with Crippen LogP contribution < -0.4 is 0 Å². The minimum absolute atomic E-state index is 0.0506. The molecule has 1 spiro atoms. The molecule has 8 heteroatoms. The minimum atomic E-state index is 0.0506. The van der Waals surface area contributed by atoms with Crippen molar-refractivity contribution < 1.29 is 9.32 Å². The topological polar surface area (TPSA) is 75.4 Å². The van der Waals surface area contributed by atoms with Crippen molar-refractivity contribution in [2.45, 2.75) is 25.3 Å². The van der Waals surface area contributed by atoms with Crippen molar-refractivity contribution in [3.63, 3.8) is 0 Å². The van der Waals surface area contributed by atoms with E-state index in [9.17, 15) is 4.79 Å². The molecule has 1 unspecified atom stereocenters.